The van der Waals surface area contributed by atoms with Crippen LogP contribution in [0.15, 0.2) is 24.3 Å². The van der Waals surface area contributed by atoms with Gasteiger partial charge in [0, 0.05) is 45.2 Å². The number of nitrogens with zero attached hydrogens (tertiary/aromatic N) is 3. The van der Waals surface area contributed by atoms with Crippen LogP contribution in [0.25, 0.3) is 0 Å². The highest BCUT2D eigenvalue weighted by atomic mass is 16.2. The Kier molecular flexibility index (Phi) is 6.27. The molecular formula is C20H30N4O2. The SMILES string of the molecule is CN(C)[C@@H]1CCN(CC(=O)NCc2ccccc2CN2CCCC2=O)C1. The first-order valence-electron chi connectivity index (χ1n) is 9.53. The largest absolute Gasteiger partial charge is 0.351 e. The molecule has 1 N–H and O–H groups in total. The number of hydrogen-bond acceptors (Lipinski definition) is 4. The van der Waals surface area contributed by atoms with E-state index in [0.717, 1.165) is 43.6 Å². The van der Waals surface area contributed by atoms with Crippen LogP contribution in [0.3, 0.4) is 0 Å². The first-order chi connectivity index (χ1) is 12.5. The zero-order chi connectivity index (χ0) is 18.5. The van der Waals surface area contributed by atoms with Gasteiger partial charge >= 0.3 is 0 Å². The predicted octanol–water partition coefficient (Wildman–Crippen LogP) is 1.06. The first-order valence-corrected chi connectivity index (χ1v) is 9.53. The van der Waals surface area contributed by atoms with E-state index in [0.29, 0.717) is 32.1 Å². The standard InChI is InChI=1S/C20H30N4O2/c1-22(2)18-9-11-23(14-18)15-19(25)21-12-16-6-3-4-7-17(16)13-24-10-5-8-20(24)26/h3-4,6-7,18H,5,8-15H2,1-2H3,(H,21,25)/t18-/m1/s1. The maximum atomic E-state index is 12.3. The van der Waals surface area contributed by atoms with E-state index in [1.165, 1.54) is 0 Å². The predicted molar refractivity (Wildman–Crippen MR) is 101 cm³/mol. The smallest absolute Gasteiger partial charge is 0.234 e. The van der Waals surface area contributed by atoms with Crippen molar-refractivity contribution in [2.45, 2.75) is 38.4 Å². The summed E-state index contributed by atoms with van der Waals surface area (Å²) in [5.41, 5.74) is 2.21. The van der Waals surface area contributed by atoms with Crippen LogP contribution in [-0.2, 0) is 22.7 Å². The van der Waals surface area contributed by atoms with E-state index in [9.17, 15) is 9.59 Å². The van der Waals surface area contributed by atoms with Crippen LogP contribution in [-0.4, -0.2) is 72.8 Å². The van der Waals surface area contributed by atoms with Crippen molar-refractivity contribution in [3.8, 4) is 0 Å². The van der Waals surface area contributed by atoms with E-state index in [-0.39, 0.29) is 11.8 Å². The lowest BCUT2D eigenvalue weighted by atomic mass is 10.1. The molecule has 142 valence electrons. The minimum atomic E-state index is 0.0662. The lowest BCUT2D eigenvalue weighted by Gasteiger charge is -2.20. The van der Waals surface area contributed by atoms with Crippen LogP contribution in [0.1, 0.15) is 30.4 Å². The van der Waals surface area contributed by atoms with Gasteiger partial charge in [-0.15, -0.1) is 0 Å². The number of benzene rings is 1. The van der Waals surface area contributed by atoms with Crippen molar-refractivity contribution in [2.75, 3.05) is 40.3 Å². The van der Waals surface area contributed by atoms with Gasteiger partial charge in [-0.25, -0.2) is 0 Å². The highest BCUT2D eigenvalue weighted by molar-refractivity contribution is 5.78. The Morgan fingerprint density at radius 2 is 2.00 bits per heavy atom. The molecule has 2 aliphatic heterocycles. The summed E-state index contributed by atoms with van der Waals surface area (Å²) in [7, 11) is 4.19. The number of carbonyl (C=O) groups excluding carboxylic acids is 2. The molecule has 0 unspecified atom stereocenters. The molecule has 0 bridgehead atoms. The highest BCUT2D eigenvalue weighted by Gasteiger charge is 2.25. The third kappa shape index (κ3) is 4.83. The van der Waals surface area contributed by atoms with Gasteiger partial charge in [-0.05, 0) is 38.1 Å². The molecule has 0 aliphatic carbocycles. The van der Waals surface area contributed by atoms with Gasteiger partial charge in [0.05, 0.1) is 6.54 Å². The Morgan fingerprint density at radius 1 is 1.23 bits per heavy atom. The molecule has 2 amide bonds. The molecule has 2 saturated heterocycles. The van der Waals surface area contributed by atoms with E-state index in [1.54, 1.807) is 0 Å². The molecule has 0 radical (unpaired) electrons. The lowest BCUT2D eigenvalue weighted by Crippen LogP contribution is -2.38. The van der Waals surface area contributed by atoms with Crippen molar-refractivity contribution in [3.63, 3.8) is 0 Å². The van der Waals surface area contributed by atoms with Gasteiger partial charge < -0.3 is 15.1 Å². The second-order valence-corrected chi connectivity index (χ2v) is 7.61. The van der Waals surface area contributed by atoms with E-state index in [4.69, 9.17) is 0 Å². The molecule has 1 atom stereocenters. The minimum absolute atomic E-state index is 0.0662. The van der Waals surface area contributed by atoms with Crippen LogP contribution in [0.2, 0.25) is 0 Å². The summed E-state index contributed by atoms with van der Waals surface area (Å²) >= 11 is 0. The third-order valence-corrected chi connectivity index (χ3v) is 5.47. The van der Waals surface area contributed by atoms with Crippen molar-refractivity contribution >= 4 is 11.8 Å². The van der Waals surface area contributed by atoms with Crippen molar-refractivity contribution in [1.29, 1.82) is 0 Å². The number of hydrogen-bond donors (Lipinski definition) is 1. The van der Waals surface area contributed by atoms with Crippen molar-refractivity contribution in [1.82, 2.24) is 20.0 Å². The Bertz CT molecular complexity index is 646. The Balaban J connectivity index is 1.50. The van der Waals surface area contributed by atoms with Gasteiger partial charge in [-0.1, -0.05) is 24.3 Å². The number of likely N-dealkylation sites (tertiary alicyclic amines) is 2. The van der Waals surface area contributed by atoms with E-state index in [1.807, 2.05) is 23.1 Å². The molecule has 2 heterocycles. The van der Waals surface area contributed by atoms with Crippen LogP contribution in [0.5, 0.6) is 0 Å². The molecule has 26 heavy (non-hydrogen) atoms. The fourth-order valence-corrected chi connectivity index (χ4v) is 3.79. The molecule has 1 aromatic rings. The number of rotatable bonds is 7. The summed E-state index contributed by atoms with van der Waals surface area (Å²) in [6.45, 7) is 4.38. The zero-order valence-electron chi connectivity index (χ0n) is 15.9. The van der Waals surface area contributed by atoms with Gasteiger partial charge in [0.2, 0.25) is 11.8 Å². The van der Waals surface area contributed by atoms with Crippen LogP contribution >= 0.6 is 0 Å². The van der Waals surface area contributed by atoms with Crippen LogP contribution in [0.4, 0.5) is 0 Å². The maximum Gasteiger partial charge on any atom is 0.234 e. The number of likely N-dealkylation sites (N-methyl/N-ethyl adjacent to an activating group) is 1. The molecule has 0 aromatic heterocycles. The van der Waals surface area contributed by atoms with Gasteiger partial charge in [-0.3, -0.25) is 14.5 Å². The van der Waals surface area contributed by atoms with Crippen molar-refractivity contribution in [2.24, 2.45) is 0 Å². The normalized spacial score (nSPS) is 21.0. The zero-order valence-corrected chi connectivity index (χ0v) is 15.9. The summed E-state index contributed by atoms with van der Waals surface area (Å²) in [5.74, 6) is 0.296. The van der Waals surface area contributed by atoms with Crippen LogP contribution in [0, 0.1) is 0 Å². The molecular weight excluding hydrogens is 328 g/mol. The van der Waals surface area contributed by atoms with Crippen molar-refractivity contribution in [3.05, 3.63) is 35.4 Å². The van der Waals surface area contributed by atoms with Gasteiger partial charge in [-0.2, -0.15) is 0 Å². The Hall–Kier alpha value is -1.92. The molecule has 2 aliphatic rings. The van der Waals surface area contributed by atoms with Crippen LogP contribution < -0.4 is 5.32 Å². The quantitative estimate of drug-likeness (QED) is 0.792. The average Bonchev–Trinajstić information content (AvgIpc) is 3.24. The topological polar surface area (TPSA) is 55.9 Å². The fraction of sp³-hybridized carbons (Fsp3) is 0.600. The molecule has 3 rings (SSSR count). The second-order valence-electron chi connectivity index (χ2n) is 7.61. The summed E-state index contributed by atoms with van der Waals surface area (Å²) in [5, 5.41) is 3.05. The molecule has 0 saturated carbocycles. The summed E-state index contributed by atoms with van der Waals surface area (Å²) in [6.07, 6.45) is 2.72. The van der Waals surface area contributed by atoms with E-state index < -0.39 is 0 Å². The average molecular weight is 358 g/mol. The molecule has 6 heteroatoms. The number of carbonyl (C=O) groups is 2. The summed E-state index contributed by atoms with van der Waals surface area (Å²) < 4.78 is 0. The highest BCUT2D eigenvalue weighted by Crippen LogP contribution is 2.17. The Labute approximate surface area is 156 Å². The lowest BCUT2D eigenvalue weighted by molar-refractivity contribution is -0.128. The fourth-order valence-electron chi connectivity index (χ4n) is 3.79. The van der Waals surface area contributed by atoms with Gasteiger partial charge in [0.1, 0.15) is 0 Å². The minimum Gasteiger partial charge on any atom is -0.351 e. The molecule has 2 fully saturated rings. The first kappa shape index (κ1) is 18.9. The van der Waals surface area contributed by atoms with Crippen molar-refractivity contribution < 1.29 is 9.59 Å². The number of amides is 2. The van der Waals surface area contributed by atoms with Gasteiger partial charge in [0.25, 0.3) is 0 Å². The second kappa shape index (κ2) is 8.64. The number of nitrogens with one attached hydrogen (secondary N) is 1. The molecule has 0 spiro atoms. The third-order valence-electron chi connectivity index (χ3n) is 5.47. The molecule has 6 nitrogen and oxygen atoms in total. The van der Waals surface area contributed by atoms with E-state index >= 15 is 0 Å². The Morgan fingerprint density at radius 3 is 2.65 bits per heavy atom. The maximum absolute atomic E-state index is 12.3. The summed E-state index contributed by atoms with van der Waals surface area (Å²) in [6, 6.07) is 8.61. The molecule has 1 aromatic carbocycles. The van der Waals surface area contributed by atoms with E-state index in [2.05, 4.69) is 35.3 Å². The monoisotopic (exact) mass is 358 g/mol. The summed E-state index contributed by atoms with van der Waals surface area (Å²) in [4.78, 5) is 30.6. The van der Waals surface area contributed by atoms with Gasteiger partial charge in [0.15, 0.2) is 0 Å².